The summed E-state index contributed by atoms with van der Waals surface area (Å²) in [5.74, 6) is 2.17. The molecule has 0 unspecified atom stereocenters. The SMILES string of the molecule is CCCc1c(NC)ncnc1N1CCC(CC(N)=O)CC1. The molecule has 0 aromatic carbocycles. The van der Waals surface area contributed by atoms with Gasteiger partial charge in [-0.25, -0.2) is 9.97 Å². The van der Waals surface area contributed by atoms with E-state index in [0.29, 0.717) is 12.3 Å². The predicted molar refractivity (Wildman–Crippen MR) is 84.3 cm³/mol. The van der Waals surface area contributed by atoms with Crippen LogP contribution in [0.15, 0.2) is 6.33 Å². The van der Waals surface area contributed by atoms with Gasteiger partial charge in [-0.05, 0) is 25.2 Å². The zero-order valence-electron chi connectivity index (χ0n) is 12.9. The number of hydrogen-bond donors (Lipinski definition) is 2. The molecule has 1 aromatic heterocycles. The van der Waals surface area contributed by atoms with Gasteiger partial charge in [-0.15, -0.1) is 0 Å². The maximum Gasteiger partial charge on any atom is 0.217 e. The van der Waals surface area contributed by atoms with E-state index in [1.165, 1.54) is 5.56 Å². The number of nitrogens with one attached hydrogen (secondary N) is 1. The van der Waals surface area contributed by atoms with Gasteiger partial charge < -0.3 is 16.0 Å². The second-order valence-corrected chi connectivity index (χ2v) is 5.63. The molecule has 2 rings (SSSR count). The fourth-order valence-corrected chi connectivity index (χ4v) is 3.00. The lowest BCUT2D eigenvalue weighted by atomic mass is 9.93. The minimum atomic E-state index is -0.195. The van der Waals surface area contributed by atoms with Gasteiger partial charge in [0.2, 0.25) is 5.91 Å². The normalized spacial score (nSPS) is 16.0. The lowest BCUT2D eigenvalue weighted by Gasteiger charge is -2.33. The minimum Gasteiger partial charge on any atom is -0.373 e. The van der Waals surface area contributed by atoms with Gasteiger partial charge in [0.1, 0.15) is 18.0 Å². The summed E-state index contributed by atoms with van der Waals surface area (Å²) in [6.45, 7) is 4.01. The Labute approximate surface area is 126 Å². The van der Waals surface area contributed by atoms with Crippen LogP contribution in [0, 0.1) is 5.92 Å². The number of nitrogens with zero attached hydrogens (tertiary/aromatic N) is 3. The molecule has 0 spiro atoms. The van der Waals surface area contributed by atoms with Crippen LogP contribution in [0.4, 0.5) is 11.6 Å². The quantitative estimate of drug-likeness (QED) is 0.831. The molecule has 3 N–H and O–H groups in total. The van der Waals surface area contributed by atoms with Crippen molar-refractivity contribution in [1.29, 1.82) is 0 Å². The zero-order valence-corrected chi connectivity index (χ0v) is 12.9. The summed E-state index contributed by atoms with van der Waals surface area (Å²) in [5.41, 5.74) is 6.48. The van der Waals surface area contributed by atoms with Crippen molar-refractivity contribution in [3.63, 3.8) is 0 Å². The number of anilines is 2. The zero-order chi connectivity index (χ0) is 15.2. The molecule has 1 aromatic rings. The number of nitrogens with two attached hydrogens (primary N) is 1. The molecule has 1 aliphatic rings. The number of carbonyl (C=O) groups is 1. The van der Waals surface area contributed by atoms with Crippen LogP contribution in [0.25, 0.3) is 0 Å². The van der Waals surface area contributed by atoms with Gasteiger partial charge in [-0.2, -0.15) is 0 Å². The molecule has 2 heterocycles. The molecular formula is C15H25N5O. The number of hydrogen-bond acceptors (Lipinski definition) is 5. The Kier molecular flexibility index (Phi) is 5.36. The summed E-state index contributed by atoms with van der Waals surface area (Å²) in [4.78, 5) is 22.1. The summed E-state index contributed by atoms with van der Waals surface area (Å²) in [6, 6.07) is 0. The molecule has 0 radical (unpaired) electrons. The third kappa shape index (κ3) is 3.83. The van der Waals surface area contributed by atoms with E-state index in [1.54, 1.807) is 6.33 Å². The van der Waals surface area contributed by atoms with Gasteiger partial charge in [0, 0.05) is 32.1 Å². The largest absolute Gasteiger partial charge is 0.373 e. The number of amides is 1. The number of aromatic nitrogens is 2. The van der Waals surface area contributed by atoms with Crippen molar-refractivity contribution in [2.45, 2.75) is 39.0 Å². The predicted octanol–water partition coefficient (Wildman–Crippen LogP) is 1.56. The molecule has 6 nitrogen and oxygen atoms in total. The number of rotatable bonds is 6. The first kappa shape index (κ1) is 15.5. The highest BCUT2D eigenvalue weighted by Gasteiger charge is 2.24. The second kappa shape index (κ2) is 7.24. The first-order chi connectivity index (χ1) is 10.2. The lowest BCUT2D eigenvalue weighted by Crippen LogP contribution is -2.36. The fraction of sp³-hybridized carbons (Fsp3) is 0.667. The Morgan fingerprint density at radius 3 is 2.71 bits per heavy atom. The van der Waals surface area contributed by atoms with E-state index in [2.05, 4.69) is 27.1 Å². The Hall–Kier alpha value is -1.85. The average Bonchev–Trinajstić information content (AvgIpc) is 2.48. The summed E-state index contributed by atoms with van der Waals surface area (Å²) in [6.07, 6.45) is 6.14. The molecule has 0 aliphatic carbocycles. The van der Waals surface area contributed by atoms with Crippen molar-refractivity contribution >= 4 is 17.5 Å². The molecule has 0 bridgehead atoms. The van der Waals surface area contributed by atoms with E-state index in [4.69, 9.17) is 5.73 Å². The summed E-state index contributed by atoms with van der Waals surface area (Å²) in [5, 5.41) is 3.16. The lowest BCUT2D eigenvalue weighted by molar-refractivity contribution is -0.119. The first-order valence-electron chi connectivity index (χ1n) is 7.70. The van der Waals surface area contributed by atoms with E-state index in [0.717, 1.165) is 50.4 Å². The van der Waals surface area contributed by atoms with Crippen LogP contribution in [0.5, 0.6) is 0 Å². The summed E-state index contributed by atoms with van der Waals surface area (Å²) >= 11 is 0. The Balaban J connectivity index is 2.10. The monoisotopic (exact) mass is 291 g/mol. The van der Waals surface area contributed by atoms with E-state index in [1.807, 2.05) is 7.05 Å². The molecule has 0 saturated carbocycles. The molecule has 1 amide bonds. The van der Waals surface area contributed by atoms with Crippen molar-refractivity contribution in [1.82, 2.24) is 9.97 Å². The smallest absolute Gasteiger partial charge is 0.217 e. The summed E-state index contributed by atoms with van der Waals surface area (Å²) < 4.78 is 0. The average molecular weight is 291 g/mol. The van der Waals surface area contributed by atoms with E-state index in [-0.39, 0.29) is 5.91 Å². The van der Waals surface area contributed by atoms with E-state index in [9.17, 15) is 4.79 Å². The van der Waals surface area contributed by atoms with Gasteiger partial charge in [0.15, 0.2) is 0 Å². The highest BCUT2D eigenvalue weighted by atomic mass is 16.1. The van der Waals surface area contributed by atoms with Crippen molar-refractivity contribution in [2.75, 3.05) is 30.4 Å². The van der Waals surface area contributed by atoms with Crippen LogP contribution in [0.3, 0.4) is 0 Å². The van der Waals surface area contributed by atoms with E-state index >= 15 is 0 Å². The van der Waals surface area contributed by atoms with Crippen LogP contribution in [-0.2, 0) is 11.2 Å². The van der Waals surface area contributed by atoms with Crippen LogP contribution in [0.1, 0.15) is 38.2 Å². The summed E-state index contributed by atoms with van der Waals surface area (Å²) in [7, 11) is 1.89. The molecule has 1 saturated heterocycles. The molecule has 1 aliphatic heterocycles. The van der Waals surface area contributed by atoms with Crippen LogP contribution >= 0.6 is 0 Å². The molecule has 1 fully saturated rings. The molecule has 6 heteroatoms. The van der Waals surface area contributed by atoms with Gasteiger partial charge in [0.05, 0.1) is 0 Å². The Morgan fingerprint density at radius 2 is 2.14 bits per heavy atom. The third-order valence-electron chi connectivity index (χ3n) is 4.06. The van der Waals surface area contributed by atoms with Crippen LogP contribution in [0.2, 0.25) is 0 Å². The highest BCUT2D eigenvalue weighted by molar-refractivity contribution is 5.74. The number of carbonyl (C=O) groups excluding carboxylic acids is 1. The molecular weight excluding hydrogens is 266 g/mol. The van der Waals surface area contributed by atoms with Gasteiger partial charge in [0.25, 0.3) is 0 Å². The Morgan fingerprint density at radius 1 is 1.43 bits per heavy atom. The maximum absolute atomic E-state index is 11.0. The maximum atomic E-state index is 11.0. The van der Waals surface area contributed by atoms with Gasteiger partial charge >= 0.3 is 0 Å². The van der Waals surface area contributed by atoms with Gasteiger partial charge in [-0.3, -0.25) is 4.79 Å². The van der Waals surface area contributed by atoms with Crippen LogP contribution < -0.4 is 16.0 Å². The van der Waals surface area contributed by atoms with Crippen molar-refractivity contribution in [2.24, 2.45) is 11.7 Å². The van der Waals surface area contributed by atoms with Crippen molar-refractivity contribution in [3.05, 3.63) is 11.9 Å². The third-order valence-corrected chi connectivity index (χ3v) is 4.06. The molecule has 21 heavy (non-hydrogen) atoms. The molecule has 0 atom stereocenters. The van der Waals surface area contributed by atoms with E-state index < -0.39 is 0 Å². The Bertz CT molecular complexity index is 483. The fourth-order valence-electron chi connectivity index (χ4n) is 3.00. The minimum absolute atomic E-state index is 0.195. The van der Waals surface area contributed by atoms with Crippen molar-refractivity contribution < 1.29 is 4.79 Å². The van der Waals surface area contributed by atoms with Crippen LogP contribution in [-0.4, -0.2) is 36.0 Å². The second-order valence-electron chi connectivity index (χ2n) is 5.63. The van der Waals surface area contributed by atoms with Gasteiger partial charge in [-0.1, -0.05) is 13.3 Å². The first-order valence-corrected chi connectivity index (χ1v) is 7.70. The number of primary amides is 1. The van der Waals surface area contributed by atoms with Crippen molar-refractivity contribution in [3.8, 4) is 0 Å². The highest BCUT2D eigenvalue weighted by Crippen LogP contribution is 2.29. The standard InChI is InChI=1S/C15H25N5O/c1-3-4-12-14(17-2)18-10-19-15(12)20-7-5-11(6-8-20)9-13(16)21/h10-11H,3-9H2,1-2H3,(H2,16,21)(H,17,18,19). The molecule has 116 valence electrons. The topological polar surface area (TPSA) is 84.1 Å². The number of piperidine rings is 1.